The van der Waals surface area contributed by atoms with Crippen LogP contribution in [0, 0.1) is 12.7 Å². The highest BCUT2D eigenvalue weighted by molar-refractivity contribution is 5.20. The van der Waals surface area contributed by atoms with E-state index in [1.165, 1.54) is 12.1 Å². The van der Waals surface area contributed by atoms with E-state index in [0.717, 1.165) is 11.5 Å². The molecular weight excluding hydrogens is 257 g/mol. The van der Waals surface area contributed by atoms with E-state index < -0.39 is 6.10 Å². The van der Waals surface area contributed by atoms with E-state index in [4.69, 9.17) is 4.42 Å². The summed E-state index contributed by atoms with van der Waals surface area (Å²) >= 11 is 0. The Morgan fingerprint density at radius 1 is 1.10 bits per heavy atom. The number of aliphatic hydroxyl groups is 1. The highest BCUT2D eigenvalue weighted by Gasteiger charge is 2.20. The van der Waals surface area contributed by atoms with Gasteiger partial charge in [0.1, 0.15) is 17.3 Å². The molecule has 0 bridgehead atoms. The molecule has 2 rings (SSSR count). The molecule has 0 saturated heterocycles. The molecule has 0 saturated carbocycles. The third kappa shape index (κ3) is 3.46. The zero-order chi connectivity index (χ0) is 14.7. The highest BCUT2D eigenvalue weighted by Crippen LogP contribution is 2.21. The number of furan rings is 1. The Morgan fingerprint density at radius 3 is 2.30 bits per heavy atom. The molecule has 3 nitrogen and oxygen atoms in total. The zero-order valence-electron chi connectivity index (χ0n) is 11.9. The van der Waals surface area contributed by atoms with Crippen LogP contribution in [0.25, 0.3) is 0 Å². The third-order valence-corrected chi connectivity index (χ3v) is 3.39. The Labute approximate surface area is 118 Å². The fourth-order valence-electron chi connectivity index (χ4n) is 2.20. The van der Waals surface area contributed by atoms with Crippen LogP contribution in [-0.2, 0) is 0 Å². The first-order valence-corrected chi connectivity index (χ1v) is 6.73. The maximum atomic E-state index is 12.9. The lowest BCUT2D eigenvalue weighted by molar-refractivity contribution is 0.128. The quantitative estimate of drug-likeness (QED) is 0.879. The van der Waals surface area contributed by atoms with Gasteiger partial charge in [0.15, 0.2) is 0 Å². The molecule has 3 atom stereocenters. The van der Waals surface area contributed by atoms with Crippen LogP contribution >= 0.6 is 0 Å². The summed E-state index contributed by atoms with van der Waals surface area (Å²) in [6.45, 7) is 5.76. The summed E-state index contributed by atoms with van der Waals surface area (Å²) in [5.74, 6) is 1.39. The standard InChI is InChI=1S/C16H20FNO2/c1-10-4-9-15(20-10)11(2)18-12(3)16(19)13-5-7-14(17)8-6-13/h4-9,11-12,16,18-19H,1-3H3. The van der Waals surface area contributed by atoms with Crippen LogP contribution in [0.4, 0.5) is 4.39 Å². The van der Waals surface area contributed by atoms with Crippen LogP contribution in [0.15, 0.2) is 40.8 Å². The molecule has 2 N–H and O–H groups in total. The topological polar surface area (TPSA) is 45.4 Å². The molecule has 3 unspecified atom stereocenters. The predicted octanol–water partition coefficient (Wildman–Crippen LogP) is 3.50. The smallest absolute Gasteiger partial charge is 0.123 e. The molecule has 0 spiro atoms. The minimum atomic E-state index is -0.700. The Morgan fingerprint density at radius 2 is 1.75 bits per heavy atom. The van der Waals surface area contributed by atoms with Crippen LogP contribution in [0.3, 0.4) is 0 Å². The van der Waals surface area contributed by atoms with Crippen LogP contribution < -0.4 is 5.32 Å². The summed E-state index contributed by atoms with van der Waals surface area (Å²) in [7, 11) is 0. The predicted molar refractivity (Wildman–Crippen MR) is 75.8 cm³/mol. The molecule has 0 aliphatic carbocycles. The van der Waals surface area contributed by atoms with Crippen molar-refractivity contribution in [1.29, 1.82) is 0 Å². The zero-order valence-corrected chi connectivity index (χ0v) is 11.9. The van der Waals surface area contributed by atoms with Crippen molar-refractivity contribution >= 4 is 0 Å². The van der Waals surface area contributed by atoms with Gasteiger partial charge in [-0.15, -0.1) is 0 Å². The SMILES string of the molecule is Cc1ccc(C(C)NC(C)C(O)c2ccc(F)cc2)o1. The van der Waals surface area contributed by atoms with Crippen molar-refractivity contribution in [3.8, 4) is 0 Å². The van der Waals surface area contributed by atoms with Crippen molar-refractivity contribution in [2.24, 2.45) is 0 Å². The summed E-state index contributed by atoms with van der Waals surface area (Å²) < 4.78 is 18.4. The summed E-state index contributed by atoms with van der Waals surface area (Å²) in [4.78, 5) is 0. The second kappa shape index (κ2) is 6.20. The van der Waals surface area contributed by atoms with E-state index in [-0.39, 0.29) is 17.9 Å². The van der Waals surface area contributed by atoms with E-state index in [2.05, 4.69) is 5.32 Å². The maximum Gasteiger partial charge on any atom is 0.123 e. The van der Waals surface area contributed by atoms with E-state index >= 15 is 0 Å². The molecule has 20 heavy (non-hydrogen) atoms. The molecule has 1 heterocycles. The van der Waals surface area contributed by atoms with Gasteiger partial charge in [0.25, 0.3) is 0 Å². The third-order valence-electron chi connectivity index (χ3n) is 3.39. The second-order valence-electron chi connectivity index (χ2n) is 5.12. The Balaban J connectivity index is 2.00. The molecule has 0 aliphatic rings. The van der Waals surface area contributed by atoms with Crippen LogP contribution in [0.5, 0.6) is 0 Å². The summed E-state index contributed by atoms with van der Waals surface area (Å²) in [5, 5.41) is 13.6. The van der Waals surface area contributed by atoms with Gasteiger partial charge in [0.2, 0.25) is 0 Å². The lowest BCUT2D eigenvalue weighted by atomic mass is 10.0. The fraction of sp³-hybridized carbons (Fsp3) is 0.375. The molecule has 0 aliphatic heterocycles. The van der Waals surface area contributed by atoms with Crippen molar-refractivity contribution in [3.05, 3.63) is 59.3 Å². The first-order chi connectivity index (χ1) is 9.47. The Bertz CT molecular complexity index is 550. The maximum absolute atomic E-state index is 12.9. The molecule has 2 aromatic rings. The van der Waals surface area contributed by atoms with Crippen LogP contribution in [0.1, 0.15) is 43.1 Å². The molecular formula is C16H20FNO2. The van der Waals surface area contributed by atoms with Gasteiger partial charge in [-0.3, -0.25) is 0 Å². The molecule has 0 amide bonds. The largest absolute Gasteiger partial charge is 0.465 e. The summed E-state index contributed by atoms with van der Waals surface area (Å²) in [6, 6.07) is 9.54. The van der Waals surface area contributed by atoms with E-state index in [9.17, 15) is 9.50 Å². The van der Waals surface area contributed by atoms with Gasteiger partial charge < -0.3 is 14.8 Å². The van der Waals surface area contributed by atoms with Crippen LogP contribution in [-0.4, -0.2) is 11.1 Å². The number of benzene rings is 1. The van der Waals surface area contributed by atoms with Crippen molar-refractivity contribution in [3.63, 3.8) is 0 Å². The molecule has 1 aromatic heterocycles. The Hall–Kier alpha value is -1.65. The van der Waals surface area contributed by atoms with Crippen molar-refractivity contribution in [2.75, 3.05) is 0 Å². The number of aliphatic hydroxyl groups excluding tert-OH is 1. The molecule has 0 radical (unpaired) electrons. The van der Waals surface area contributed by atoms with Crippen LogP contribution in [0.2, 0.25) is 0 Å². The average Bonchev–Trinajstić information content (AvgIpc) is 2.85. The van der Waals surface area contributed by atoms with E-state index in [1.807, 2.05) is 32.9 Å². The van der Waals surface area contributed by atoms with Crippen molar-refractivity contribution in [2.45, 2.75) is 39.0 Å². The number of nitrogens with one attached hydrogen (secondary N) is 1. The minimum Gasteiger partial charge on any atom is -0.465 e. The lowest BCUT2D eigenvalue weighted by Crippen LogP contribution is -2.34. The van der Waals surface area contributed by atoms with E-state index in [1.54, 1.807) is 12.1 Å². The van der Waals surface area contributed by atoms with Gasteiger partial charge in [0.05, 0.1) is 12.1 Å². The molecule has 4 heteroatoms. The normalized spacial score (nSPS) is 15.8. The first kappa shape index (κ1) is 14.8. The number of aryl methyl sites for hydroxylation is 1. The number of halogens is 1. The summed E-state index contributed by atoms with van der Waals surface area (Å²) in [6.07, 6.45) is -0.700. The number of hydrogen-bond acceptors (Lipinski definition) is 3. The lowest BCUT2D eigenvalue weighted by Gasteiger charge is -2.23. The Kier molecular flexibility index (Phi) is 4.57. The minimum absolute atomic E-state index is 0.00574. The van der Waals surface area contributed by atoms with Gasteiger partial charge in [-0.25, -0.2) is 4.39 Å². The van der Waals surface area contributed by atoms with Crippen molar-refractivity contribution in [1.82, 2.24) is 5.32 Å². The average molecular weight is 277 g/mol. The number of rotatable bonds is 5. The van der Waals surface area contributed by atoms with Crippen molar-refractivity contribution < 1.29 is 13.9 Å². The highest BCUT2D eigenvalue weighted by atomic mass is 19.1. The molecule has 1 aromatic carbocycles. The fourth-order valence-corrected chi connectivity index (χ4v) is 2.20. The van der Waals surface area contributed by atoms with Gasteiger partial charge >= 0.3 is 0 Å². The summed E-state index contributed by atoms with van der Waals surface area (Å²) in [5.41, 5.74) is 0.689. The number of hydrogen-bond donors (Lipinski definition) is 2. The monoisotopic (exact) mass is 277 g/mol. The van der Waals surface area contributed by atoms with Gasteiger partial charge in [0, 0.05) is 6.04 Å². The van der Waals surface area contributed by atoms with E-state index in [0.29, 0.717) is 5.56 Å². The molecule has 0 fully saturated rings. The second-order valence-corrected chi connectivity index (χ2v) is 5.12. The van der Waals surface area contributed by atoms with Gasteiger partial charge in [-0.05, 0) is 50.6 Å². The molecule has 108 valence electrons. The van der Waals surface area contributed by atoms with Gasteiger partial charge in [-0.2, -0.15) is 0 Å². The van der Waals surface area contributed by atoms with Gasteiger partial charge in [-0.1, -0.05) is 12.1 Å². The first-order valence-electron chi connectivity index (χ1n) is 6.73.